The summed E-state index contributed by atoms with van der Waals surface area (Å²) in [7, 11) is 0. The molecule has 0 aliphatic carbocycles. The Morgan fingerprint density at radius 1 is 1.07 bits per heavy atom. The zero-order valence-electron chi connectivity index (χ0n) is 15.3. The highest BCUT2D eigenvalue weighted by Gasteiger charge is 2.30. The maximum Gasteiger partial charge on any atom is 0.231 e. The average molecular weight is 429 g/mol. The Bertz CT molecular complexity index is 1120. The van der Waals surface area contributed by atoms with E-state index in [0.717, 1.165) is 5.56 Å². The maximum absolute atomic E-state index is 14.0. The van der Waals surface area contributed by atoms with E-state index >= 15 is 0 Å². The molecule has 1 aliphatic rings. The first kappa shape index (κ1) is 19.5. The minimum Gasteiger partial charge on any atom is -0.488 e. The second-order valence-corrected chi connectivity index (χ2v) is 7.39. The van der Waals surface area contributed by atoms with Crippen molar-refractivity contribution >= 4 is 35.1 Å². The summed E-state index contributed by atoms with van der Waals surface area (Å²) in [5.74, 6) is 0.508. The van der Waals surface area contributed by atoms with Crippen LogP contribution in [0.15, 0.2) is 60.4 Å². The van der Waals surface area contributed by atoms with Crippen LogP contribution in [-0.4, -0.2) is 5.78 Å². The molecule has 0 radical (unpaired) electrons. The van der Waals surface area contributed by atoms with Gasteiger partial charge in [0.1, 0.15) is 23.9 Å². The van der Waals surface area contributed by atoms with Crippen LogP contribution in [0.4, 0.5) is 4.39 Å². The number of fused-ring (bicyclic) bond motifs is 1. The van der Waals surface area contributed by atoms with Gasteiger partial charge in [-0.1, -0.05) is 41.4 Å². The molecule has 3 aromatic rings. The van der Waals surface area contributed by atoms with Crippen LogP contribution in [0.5, 0.6) is 11.5 Å². The molecule has 0 saturated carbocycles. The van der Waals surface area contributed by atoms with Gasteiger partial charge in [0.25, 0.3) is 0 Å². The highest BCUT2D eigenvalue weighted by Crippen LogP contribution is 2.39. The molecule has 0 spiro atoms. The normalized spacial score (nSPS) is 14.1. The molecule has 0 saturated heterocycles. The van der Waals surface area contributed by atoms with Crippen molar-refractivity contribution in [1.82, 2.24) is 0 Å². The Balaban J connectivity index is 1.59. The molecule has 6 heteroatoms. The molecule has 146 valence electrons. The second-order valence-electron chi connectivity index (χ2n) is 6.55. The van der Waals surface area contributed by atoms with Crippen LogP contribution < -0.4 is 9.47 Å². The SMILES string of the molecule is Cc1c(OCc2c(F)cccc2Cl)ccc2c1O/C(=C\c1ccc(Cl)cc1)C2=O. The van der Waals surface area contributed by atoms with Crippen molar-refractivity contribution in [2.45, 2.75) is 13.5 Å². The predicted molar refractivity (Wildman–Crippen MR) is 111 cm³/mol. The molecule has 0 bridgehead atoms. The Morgan fingerprint density at radius 3 is 2.55 bits per heavy atom. The van der Waals surface area contributed by atoms with Crippen LogP contribution >= 0.6 is 23.2 Å². The molecule has 3 nitrogen and oxygen atoms in total. The highest BCUT2D eigenvalue weighted by molar-refractivity contribution is 6.31. The smallest absolute Gasteiger partial charge is 0.231 e. The Labute approximate surface area is 177 Å². The van der Waals surface area contributed by atoms with Crippen molar-refractivity contribution in [3.8, 4) is 11.5 Å². The number of halogens is 3. The molecule has 0 fully saturated rings. The number of carbonyl (C=O) groups excluding carboxylic acids is 1. The van der Waals surface area contributed by atoms with Gasteiger partial charge in [-0.15, -0.1) is 0 Å². The monoisotopic (exact) mass is 428 g/mol. The predicted octanol–water partition coefficient (Wildman–Crippen LogP) is 6.64. The van der Waals surface area contributed by atoms with Crippen LogP contribution in [0.25, 0.3) is 6.08 Å². The summed E-state index contributed by atoms with van der Waals surface area (Å²) in [5, 5.41) is 0.908. The molecule has 0 unspecified atom stereocenters. The van der Waals surface area contributed by atoms with Crippen LogP contribution in [-0.2, 0) is 6.61 Å². The molecule has 0 atom stereocenters. The first-order chi connectivity index (χ1) is 13.9. The van der Waals surface area contributed by atoms with Gasteiger partial charge in [-0.2, -0.15) is 0 Å². The molecular weight excluding hydrogens is 414 g/mol. The lowest BCUT2D eigenvalue weighted by Crippen LogP contribution is -2.01. The summed E-state index contributed by atoms with van der Waals surface area (Å²) < 4.78 is 25.5. The van der Waals surface area contributed by atoms with E-state index in [0.29, 0.717) is 32.7 Å². The first-order valence-corrected chi connectivity index (χ1v) is 9.59. The van der Waals surface area contributed by atoms with Gasteiger partial charge in [0, 0.05) is 16.1 Å². The number of ether oxygens (including phenoxy) is 2. The fourth-order valence-electron chi connectivity index (χ4n) is 3.05. The fourth-order valence-corrected chi connectivity index (χ4v) is 3.40. The third kappa shape index (κ3) is 3.86. The molecule has 0 amide bonds. The van der Waals surface area contributed by atoms with Crippen LogP contribution in [0, 0.1) is 12.7 Å². The van der Waals surface area contributed by atoms with Crippen molar-refractivity contribution < 1.29 is 18.7 Å². The van der Waals surface area contributed by atoms with Gasteiger partial charge in [0.15, 0.2) is 5.76 Å². The lowest BCUT2D eigenvalue weighted by atomic mass is 10.1. The van der Waals surface area contributed by atoms with Crippen LogP contribution in [0.1, 0.15) is 27.0 Å². The number of hydrogen-bond donors (Lipinski definition) is 0. The molecule has 1 aliphatic heterocycles. The van der Waals surface area contributed by atoms with E-state index in [1.807, 2.05) is 0 Å². The van der Waals surface area contributed by atoms with E-state index in [9.17, 15) is 9.18 Å². The zero-order valence-corrected chi connectivity index (χ0v) is 16.9. The maximum atomic E-state index is 14.0. The topological polar surface area (TPSA) is 35.5 Å². The molecule has 4 rings (SSSR count). The summed E-state index contributed by atoms with van der Waals surface area (Å²) in [5.41, 5.74) is 2.19. The number of allylic oxidation sites excluding steroid dienone is 1. The third-order valence-electron chi connectivity index (χ3n) is 4.64. The number of ketones is 1. The van der Waals surface area contributed by atoms with Crippen molar-refractivity contribution in [2.75, 3.05) is 0 Å². The Hall–Kier alpha value is -2.82. The summed E-state index contributed by atoms with van der Waals surface area (Å²) in [6.07, 6.45) is 1.66. The summed E-state index contributed by atoms with van der Waals surface area (Å²) in [6, 6.07) is 14.9. The van der Waals surface area contributed by atoms with Gasteiger partial charge < -0.3 is 9.47 Å². The highest BCUT2D eigenvalue weighted by atomic mass is 35.5. The average Bonchev–Trinajstić information content (AvgIpc) is 3.01. The number of hydrogen-bond acceptors (Lipinski definition) is 3. The van der Waals surface area contributed by atoms with Crippen LogP contribution in [0.3, 0.4) is 0 Å². The number of Topliss-reactive ketones (excluding diaryl/α,β-unsaturated/α-hetero) is 1. The van der Waals surface area contributed by atoms with Crippen molar-refractivity contribution in [3.05, 3.63) is 98.5 Å². The quantitative estimate of drug-likeness (QED) is 0.437. The van der Waals surface area contributed by atoms with E-state index in [1.165, 1.54) is 12.1 Å². The molecule has 0 aromatic heterocycles. The lowest BCUT2D eigenvalue weighted by molar-refractivity contribution is 0.101. The third-order valence-corrected chi connectivity index (χ3v) is 5.24. The summed E-state index contributed by atoms with van der Waals surface area (Å²) in [6.45, 7) is 1.75. The van der Waals surface area contributed by atoms with Crippen LogP contribution in [0.2, 0.25) is 10.0 Å². The Morgan fingerprint density at radius 2 is 1.83 bits per heavy atom. The molecular formula is C23H15Cl2FO3. The Kier molecular flexibility index (Phi) is 5.31. The van der Waals surface area contributed by atoms with Crippen molar-refractivity contribution in [1.29, 1.82) is 0 Å². The van der Waals surface area contributed by atoms with E-state index in [4.69, 9.17) is 32.7 Å². The minimum absolute atomic E-state index is 0.0352. The summed E-state index contributed by atoms with van der Waals surface area (Å²) >= 11 is 11.9. The first-order valence-electron chi connectivity index (χ1n) is 8.83. The fraction of sp³-hybridized carbons (Fsp3) is 0.0870. The van der Waals surface area contributed by atoms with Gasteiger partial charge in [-0.25, -0.2) is 4.39 Å². The van der Waals surface area contributed by atoms with Gasteiger partial charge in [0.2, 0.25) is 5.78 Å². The summed E-state index contributed by atoms with van der Waals surface area (Å²) in [4.78, 5) is 12.7. The number of rotatable bonds is 4. The van der Waals surface area contributed by atoms with Gasteiger partial charge in [-0.05, 0) is 55.0 Å². The molecule has 29 heavy (non-hydrogen) atoms. The van der Waals surface area contributed by atoms with Gasteiger partial charge in [-0.3, -0.25) is 4.79 Å². The number of carbonyl (C=O) groups is 1. The van der Waals surface area contributed by atoms with E-state index in [1.54, 1.807) is 55.5 Å². The standard InChI is InChI=1S/C23H15Cl2FO3/c1-13-20(28-12-17-18(25)3-2-4-19(17)26)10-9-16-22(27)21(29-23(13)16)11-14-5-7-15(24)8-6-14/h2-11H,12H2,1H3/b21-11-. The van der Waals surface area contributed by atoms with Crippen molar-refractivity contribution in [2.24, 2.45) is 0 Å². The van der Waals surface area contributed by atoms with Crippen molar-refractivity contribution in [3.63, 3.8) is 0 Å². The molecule has 0 N–H and O–H groups in total. The molecule has 3 aromatic carbocycles. The van der Waals surface area contributed by atoms with E-state index in [-0.39, 0.29) is 23.7 Å². The molecule has 1 heterocycles. The van der Waals surface area contributed by atoms with Gasteiger partial charge in [0.05, 0.1) is 10.6 Å². The largest absolute Gasteiger partial charge is 0.488 e. The lowest BCUT2D eigenvalue weighted by Gasteiger charge is -2.12. The van der Waals surface area contributed by atoms with E-state index < -0.39 is 5.82 Å². The second kappa shape index (κ2) is 7.90. The minimum atomic E-state index is -0.434. The number of benzene rings is 3. The van der Waals surface area contributed by atoms with Gasteiger partial charge >= 0.3 is 0 Å². The zero-order chi connectivity index (χ0) is 20.5. The van der Waals surface area contributed by atoms with E-state index in [2.05, 4.69) is 0 Å².